The second kappa shape index (κ2) is 7.42. The number of hydrogen-bond donors (Lipinski definition) is 0. The van der Waals surface area contributed by atoms with Gasteiger partial charge in [0.15, 0.2) is 12.9 Å². The fraction of sp³-hybridized carbons (Fsp3) is 0.125. The zero-order chi connectivity index (χ0) is 16.1. The fourth-order valence-electron chi connectivity index (χ4n) is 1.77. The lowest BCUT2D eigenvalue weighted by atomic mass is 10.2. The molecule has 0 unspecified atom stereocenters. The number of carbonyl (C=O) groups excluding carboxylic acids is 2. The highest BCUT2D eigenvalue weighted by Crippen LogP contribution is 2.23. The highest BCUT2D eigenvalue weighted by molar-refractivity contribution is 9.10. The molecule has 0 radical (unpaired) electrons. The number of aldehydes is 1. The summed E-state index contributed by atoms with van der Waals surface area (Å²) in [5.74, 6) is 0.146. The van der Waals surface area contributed by atoms with Crippen LogP contribution in [0, 0.1) is 6.92 Å². The maximum Gasteiger partial charge on any atom is 0.349 e. The minimum atomic E-state index is -0.597. The molecular weight excluding hydrogens is 372 g/mol. The molecule has 0 N–H and O–H groups in total. The number of aryl methyl sites for hydroxylation is 1. The molecule has 0 atom stereocenters. The van der Waals surface area contributed by atoms with Crippen molar-refractivity contribution < 1.29 is 19.1 Å². The van der Waals surface area contributed by atoms with E-state index in [1.807, 2.05) is 6.92 Å². The van der Waals surface area contributed by atoms with Gasteiger partial charge in [0, 0.05) is 9.50 Å². The van der Waals surface area contributed by atoms with E-state index in [-0.39, 0.29) is 17.9 Å². The summed E-state index contributed by atoms with van der Waals surface area (Å²) in [6.45, 7) is 1.56. The fourth-order valence-corrected chi connectivity index (χ4v) is 2.37. The summed E-state index contributed by atoms with van der Waals surface area (Å²) in [7, 11) is 0. The Balaban J connectivity index is 2.00. The third-order valence-corrected chi connectivity index (χ3v) is 3.53. The summed E-state index contributed by atoms with van der Waals surface area (Å²) >= 11 is 9.09. The summed E-state index contributed by atoms with van der Waals surface area (Å²) < 4.78 is 11.3. The average molecular weight is 384 g/mol. The van der Waals surface area contributed by atoms with E-state index in [1.165, 1.54) is 0 Å². The molecule has 0 heterocycles. The molecule has 0 aliphatic carbocycles. The van der Waals surface area contributed by atoms with E-state index in [0.29, 0.717) is 17.1 Å². The maximum atomic E-state index is 11.8. The Bertz CT molecular complexity index is 715. The van der Waals surface area contributed by atoms with Crippen molar-refractivity contribution in [2.24, 2.45) is 0 Å². The second-order valence-corrected chi connectivity index (χ2v) is 5.82. The van der Waals surface area contributed by atoms with E-state index in [0.717, 1.165) is 10.0 Å². The van der Waals surface area contributed by atoms with Gasteiger partial charge in [-0.05, 0) is 48.9 Å². The molecule has 0 aromatic heterocycles. The van der Waals surface area contributed by atoms with Gasteiger partial charge in [-0.15, -0.1) is 0 Å². The predicted molar refractivity (Wildman–Crippen MR) is 86.8 cm³/mol. The first kappa shape index (κ1) is 16.5. The van der Waals surface area contributed by atoms with Crippen molar-refractivity contribution in [3.8, 4) is 11.5 Å². The third-order valence-electron chi connectivity index (χ3n) is 2.81. The van der Waals surface area contributed by atoms with Gasteiger partial charge in [0.1, 0.15) is 11.5 Å². The van der Waals surface area contributed by atoms with E-state index in [2.05, 4.69) is 15.9 Å². The van der Waals surface area contributed by atoms with Crippen LogP contribution in [0.5, 0.6) is 11.5 Å². The highest BCUT2D eigenvalue weighted by atomic mass is 79.9. The van der Waals surface area contributed by atoms with E-state index in [1.54, 1.807) is 36.4 Å². The normalized spacial score (nSPS) is 10.1. The van der Waals surface area contributed by atoms with Gasteiger partial charge in [0.2, 0.25) is 0 Å². The number of halogens is 2. The minimum Gasteiger partial charge on any atom is -0.482 e. The number of carbonyl (C=O) groups is 2. The Labute approximate surface area is 141 Å². The van der Waals surface area contributed by atoms with Crippen LogP contribution in [0.1, 0.15) is 15.9 Å². The molecule has 0 saturated carbocycles. The van der Waals surface area contributed by atoms with Gasteiger partial charge in [-0.1, -0.05) is 27.5 Å². The number of ether oxygens (including phenoxy) is 2. The summed E-state index contributed by atoms with van der Waals surface area (Å²) in [5.41, 5.74) is 1.10. The van der Waals surface area contributed by atoms with Crippen LogP contribution in [0.2, 0.25) is 5.02 Å². The highest BCUT2D eigenvalue weighted by Gasteiger charge is 2.11. The van der Waals surface area contributed by atoms with Gasteiger partial charge in [-0.2, -0.15) is 0 Å². The van der Waals surface area contributed by atoms with Crippen molar-refractivity contribution in [3.05, 3.63) is 57.0 Å². The Hall–Kier alpha value is -1.85. The molecule has 6 heteroatoms. The van der Waals surface area contributed by atoms with Crippen molar-refractivity contribution in [3.63, 3.8) is 0 Å². The number of benzene rings is 2. The van der Waals surface area contributed by atoms with Gasteiger partial charge < -0.3 is 9.47 Å². The maximum absolute atomic E-state index is 11.8. The molecule has 0 spiro atoms. The first-order valence-corrected chi connectivity index (χ1v) is 7.51. The topological polar surface area (TPSA) is 52.6 Å². The van der Waals surface area contributed by atoms with Crippen LogP contribution in [-0.4, -0.2) is 18.9 Å². The molecule has 2 aromatic carbocycles. The Morgan fingerprint density at radius 1 is 1.23 bits per heavy atom. The van der Waals surface area contributed by atoms with Crippen molar-refractivity contribution in [2.75, 3.05) is 6.61 Å². The molecular formula is C16H12BrClO4. The Morgan fingerprint density at radius 2 is 1.95 bits per heavy atom. The standard InChI is InChI=1S/C16H12BrClO4/c1-10-6-13(18)3-5-14(10)21-9-16(20)22-15-4-2-12(17)7-11(15)8-19/h2-8H,9H2,1H3. The quantitative estimate of drug-likeness (QED) is 0.441. The molecule has 0 aliphatic rings. The van der Waals surface area contributed by atoms with E-state index < -0.39 is 5.97 Å². The molecule has 0 saturated heterocycles. The first-order chi connectivity index (χ1) is 10.5. The lowest BCUT2D eigenvalue weighted by Crippen LogP contribution is -2.18. The molecule has 22 heavy (non-hydrogen) atoms. The van der Waals surface area contributed by atoms with Crippen molar-refractivity contribution in [2.45, 2.75) is 6.92 Å². The SMILES string of the molecule is Cc1cc(Cl)ccc1OCC(=O)Oc1ccc(Br)cc1C=O. The molecule has 4 nitrogen and oxygen atoms in total. The zero-order valence-electron chi connectivity index (χ0n) is 11.6. The smallest absolute Gasteiger partial charge is 0.349 e. The molecule has 114 valence electrons. The number of hydrogen-bond acceptors (Lipinski definition) is 4. The van der Waals surface area contributed by atoms with Gasteiger partial charge in [0.05, 0.1) is 5.56 Å². The largest absolute Gasteiger partial charge is 0.482 e. The minimum absolute atomic E-state index is 0.194. The molecule has 0 fully saturated rings. The summed E-state index contributed by atoms with van der Waals surface area (Å²) in [5, 5.41) is 0.595. The first-order valence-electron chi connectivity index (χ1n) is 6.34. The van der Waals surface area contributed by atoms with Gasteiger partial charge in [-0.25, -0.2) is 4.79 Å². The molecule has 0 bridgehead atoms. The number of esters is 1. The van der Waals surface area contributed by atoms with Crippen LogP contribution in [0.15, 0.2) is 40.9 Å². The van der Waals surface area contributed by atoms with E-state index in [9.17, 15) is 9.59 Å². The van der Waals surface area contributed by atoms with Crippen molar-refractivity contribution >= 4 is 39.8 Å². The second-order valence-electron chi connectivity index (χ2n) is 4.47. The van der Waals surface area contributed by atoms with Gasteiger partial charge >= 0.3 is 5.97 Å². The average Bonchev–Trinajstić information content (AvgIpc) is 2.48. The van der Waals surface area contributed by atoms with Crippen LogP contribution in [-0.2, 0) is 4.79 Å². The third kappa shape index (κ3) is 4.32. The molecule has 2 rings (SSSR count). The van der Waals surface area contributed by atoms with Crippen LogP contribution < -0.4 is 9.47 Å². The Kier molecular flexibility index (Phi) is 5.57. The predicted octanol–water partition coefficient (Wildman–Crippen LogP) is 4.21. The summed E-state index contributed by atoms with van der Waals surface area (Å²) in [6.07, 6.45) is 0.623. The summed E-state index contributed by atoms with van der Waals surface area (Å²) in [6, 6.07) is 9.89. The van der Waals surface area contributed by atoms with Gasteiger partial charge in [-0.3, -0.25) is 4.79 Å². The summed E-state index contributed by atoms with van der Waals surface area (Å²) in [4.78, 5) is 22.8. The lowest BCUT2D eigenvalue weighted by molar-refractivity contribution is -0.136. The van der Waals surface area contributed by atoms with Crippen molar-refractivity contribution in [1.82, 2.24) is 0 Å². The number of rotatable bonds is 5. The van der Waals surface area contributed by atoms with Gasteiger partial charge in [0.25, 0.3) is 0 Å². The lowest BCUT2D eigenvalue weighted by Gasteiger charge is -2.10. The van der Waals surface area contributed by atoms with Crippen molar-refractivity contribution in [1.29, 1.82) is 0 Å². The van der Waals surface area contributed by atoms with Crippen LogP contribution in [0.4, 0.5) is 0 Å². The zero-order valence-corrected chi connectivity index (χ0v) is 14.0. The van der Waals surface area contributed by atoms with E-state index in [4.69, 9.17) is 21.1 Å². The molecule has 0 amide bonds. The van der Waals surface area contributed by atoms with E-state index >= 15 is 0 Å². The van der Waals surface area contributed by atoms with Crippen LogP contribution in [0.25, 0.3) is 0 Å². The molecule has 0 aliphatic heterocycles. The van der Waals surface area contributed by atoms with Crippen LogP contribution in [0.3, 0.4) is 0 Å². The molecule has 2 aromatic rings. The monoisotopic (exact) mass is 382 g/mol. The van der Waals surface area contributed by atoms with Crippen LogP contribution >= 0.6 is 27.5 Å². The Morgan fingerprint density at radius 3 is 2.64 bits per heavy atom.